The van der Waals surface area contributed by atoms with Gasteiger partial charge in [0.15, 0.2) is 0 Å². The van der Waals surface area contributed by atoms with E-state index in [1.165, 1.54) is 10.4 Å². The number of carbonyl (C=O) groups is 1. The standard InChI is InChI=1S/C21H23N3O3S/c1-12(13-6-3-4-8-15(13)27-2)22-18(25)11-10-17-23-20(26)19-14-7-5-9-16(14)28-21(19)24-17/h3-4,6,8,12H,5,7,9-11H2,1-2H3,(H,22,25)(H,23,24,26). The van der Waals surface area contributed by atoms with Gasteiger partial charge in [0.25, 0.3) is 5.56 Å². The highest BCUT2D eigenvalue weighted by atomic mass is 32.1. The van der Waals surface area contributed by atoms with E-state index in [4.69, 9.17) is 4.74 Å². The van der Waals surface area contributed by atoms with Crippen LogP contribution in [0.5, 0.6) is 5.75 Å². The maximum absolute atomic E-state index is 12.5. The number of para-hydroxylation sites is 1. The van der Waals surface area contributed by atoms with Crippen LogP contribution in [0, 0.1) is 0 Å². The van der Waals surface area contributed by atoms with Crippen molar-refractivity contribution in [2.75, 3.05) is 7.11 Å². The van der Waals surface area contributed by atoms with Crippen LogP contribution in [0.15, 0.2) is 29.1 Å². The number of aromatic amines is 1. The number of carbonyl (C=O) groups excluding carboxylic acids is 1. The molecule has 1 unspecified atom stereocenters. The second-order valence-electron chi connectivity index (χ2n) is 7.08. The molecule has 1 amide bonds. The molecule has 1 aliphatic rings. The monoisotopic (exact) mass is 397 g/mol. The van der Waals surface area contributed by atoms with E-state index >= 15 is 0 Å². The first-order chi connectivity index (χ1) is 13.6. The number of aryl methyl sites for hydroxylation is 3. The molecule has 0 aliphatic heterocycles. The SMILES string of the molecule is COc1ccccc1C(C)NC(=O)CCc1nc2sc3c(c2c(=O)[nH]1)CCC3. The number of fused-ring (bicyclic) bond motifs is 3. The van der Waals surface area contributed by atoms with Crippen LogP contribution in [0.1, 0.15) is 47.6 Å². The van der Waals surface area contributed by atoms with Gasteiger partial charge in [-0.3, -0.25) is 9.59 Å². The fourth-order valence-corrected chi connectivity index (χ4v) is 5.09. The lowest BCUT2D eigenvalue weighted by molar-refractivity contribution is -0.121. The van der Waals surface area contributed by atoms with E-state index < -0.39 is 0 Å². The Morgan fingerprint density at radius 3 is 3.00 bits per heavy atom. The van der Waals surface area contributed by atoms with Crippen LogP contribution in [0.4, 0.5) is 0 Å². The molecule has 1 aliphatic carbocycles. The summed E-state index contributed by atoms with van der Waals surface area (Å²) in [6, 6.07) is 7.46. The van der Waals surface area contributed by atoms with Crippen LogP contribution >= 0.6 is 11.3 Å². The zero-order valence-corrected chi connectivity index (χ0v) is 16.8. The molecule has 2 aromatic heterocycles. The van der Waals surface area contributed by atoms with E-state index in [2.05, 4.69) is 15.3 Å². The number of nitrogens with one attached hydrogen (secondary N) is 2. The van der Waals surface area contributed by atoms with Gasteiger partial charge in [-0.1, -0.05) is 18.2 Å². The molecule has 0 saturated carbocycles. The highest BCUT2D eigenvalue weighted by Crippen LogP contribution is 2.34. The van der Waals surface area contributed by atoms with Crippen LogP contribution in [0.2, 0.25) is 0 Å². The van der Waals surface area contributed by atoms with E-state index in [-0.39, 0.29) is 23.9 Å². The molecule has 0 spiro atoms. The lowest BCUT2D eigenvalue weighted by Crippen LogP contribution is -2.27. The fraction of sp³-hybridized carbons (Fsp3) is 0.381. The van der Waals surface area contributed by atoms with Gasteiger partial charge in [0.1, 0.15) is 16.4 Å². The first-order valence-corrected chi connectivity index (χ1v) is 10.3. The summed E-state index contributed by atoms with van der Waals surface area (Å²) in [5.41, 5.74) is 2.02. The van der Waals surface area contributed by atoms with Crippen molar-refractivity contribution in [1.29, 1.82) is 0 Å². The topological polar surface area (TPSA) is 84.1 Å². The Balaban J connectivity index is 1.43. The maximum Gasteiger partial charge on any atom is 0.259 e. The van der Waals surface area contributed by atoms with Gasteiger partial charge in [-0.25, -0.2) is 4.98 Å². The molecule has 4 rings (SSSR count). The highest BCUT2D eigenvalue weighted by Gasteiger charge is 2.21. The van der Waals surface area contributed by atoms with E-state index in [1.807, 2.05) is 31.2 Å². The molecule has 2 N–H and O–H groups in total. The van der Waals surface area contributed by atoms with Gasteiger partial charge in [0.2, 0.25) is 5.91 Å². The summed E-state index contributed by atoms with van der Waals surface area (Å²) < 4.78 is 5.36. The van der Waals surface area contributed by atoms with Gasteiger partial charge in [0, 0.05) is 23.3 Å². The Morgan fingerprint density at radius 1 is 1.36 bits per heavy atom. The number of ether oxygens (including phenoxy) is 1. The third kappa shape index (κ3) is 3.54. The summed E-state index contributed by atoms with van der Waals surface area (Å²) in [5.74, 6) is 1.23. The molecular weight excluding hydrogens is 374 g/mol. The zero-order valence-electron chi connectivity index (χ0n) is 16.0. The Bertz CT molecular complexity index is 1090. The normalized spacial score (nSPS) is 14.1. The first kappa shape index (κ1) is 18.7. The molecule has 1 atom stereocenters. The predicted octanol–water partition coefficient (Wildman–Crippen LogP) is 3.29. The van der Waals surface area contributed by atoms with Crippen molar-refractivity contribution in [3.8, 4) is 5.75 Å². The van der Waals surface area contributed by atoms with Gasteiger partial charge in [0.05, 0.1) is 18.5 Å². The van der Waals surface area contributed by atoms with Crippen molar-refractivity contribution in [1.82, 2.24) is 15.3 Å². The van der Waals surface area contributed by atoms with Crippen LogP contribution in [-0.2, 0) is 24.1 Å². The third-order valence-corrected chi connectivity index (χ3v) is 6.38. The van der Waals surface area contributed by atoms with Gasteiger partial charge < -0.3 is 15.0 Å². The molecule has 0 saturated heterocycles. The molecule has 146 valence electrons. The predicted molar refractivity (Wildman–Crippen MR) is 110 cm³/mol. The van der Waals surface area contributed by atoms with Crippen LogP contribution in [0.3, 0.4) is 0 Å². The minimum atomic E-state index is -0.168. The van der Waals surface area contributed by atoms with Crippen LogP contribution in [0.25, 0.3) is 10.2 Å². The molecule has 2 heterocycles. The van der Waals surface area contributed by atoms with Crippen LogP contribution < -0.4 is 15.6 Å². The second-order valence-corrected chi connectivity index (χ2v) is 8.16. The number of H-pyrrole nitrogens is 1. The maximum atomic E-state index is 12.5. The van der Waals surface area contributed by atoms with Gasteiger partial charge in [-0.2, -0.15) is 0 Å². The zero-order chi connectivity index (χ0) is 19.7. The number of methoxy groups -OCH3 is 1. The number of aromatic nitrogens is 2. The fourth-order valence-electron chi connectivity index (χ4n) is 3.81. The molecule has 1 aromatic carbocycles. The number of thiophene rings is 1. The molecular formula is C21H23N3O3S. The van der Waals surface area contributed by atoms with E-state index in [0.29, 0.717) is 12.2 Å². The number of hydrogen-bond donors (Lipinski definition) is 2. The number of nitrogens with zero attached hydrogens (tertiary/aromatic N) is 1. The quantitative estimate of drug-likeness (QED) is 0.668. The van der Waals surface area contributed by atoms with Crippen molar-refractivity contribution in [2.24, 2.45) is 0 Å². The van der Waals surface area contributed by atoms with E-state index in [0.717, 1.165) is 40.8 Å². The Kier molecular flexibility index (Phi) is 5.17. The van der Waals surface area contributed by atoms with Crippen molar-refractivity contribution >= 4 is 27.5 Å². The molecule has 3 aromatic rings. The summed E-state index contributed by atoms with van der Waals surface area (Å²) in [5, 5.41) is 3.73. The third-order valence-electron chi connectivity index (χ3n) is 5.20. The van der Waals surface area contributed by atoms with Crippen LogP contribution in [-0.4, -0.2) is 23.0 Å². The van der Waals surface area contributed by atoms with Crippen molar-refractivity contribution in [3.05, 3.63) is 56.4 Å². The van der Waals surface area contributed by atoms with Gasteiger partial charge in [-0.05, 0) is 37.8 Å². The van der Waals surface area contributed by atoms with Crippen molar-refractivity contribution in [3.63, 3.8) is 0 Å². The summed E-state index contributed by atoms with van der Waals surface area (Å²) >= 11 is 1.62. The number of rotatable bonds is 6. The molecule has 0 bridgehead atoms. The molecule has 6 nitrogen and oxygen atoms in total. The summed E-state index contributed by atoms with van der Waals surface area (Å²) in [7, 11) is 1.62. The molecule has 28 heavy (non-hydrogen) atoms. The Morgan fingerprint density at radius 2 is 2.18 bits per heavy atom. The van der Waals surface area contributed by atoms with E-state index in [9.17, 15) is 9.59 Å². The average molecular weight is 398 g/mol. The average Bonchev–Trinajstić information content (AvgIpc) is 3.27. The summed E-state index contributed by atoms with van der Waals surface area (Å²) in [4.78, 5) is 34.4. The Labute approximate surface area is 167 Å². The number of benzene rings is 1. The lowest BCUT2D eigenvalue weighted by atomic mass is 10.1. The van der Waals surface area contributed by atoms with Crippen molar-refractivity contribution in [2.45, 2.75) is 45.1 Å². The van der Waals surface area contributed by atoms with Crippen molar-refractivity contribution < 1.29 is 9.53 Å². The second kappa shape index (κ2) is 7.75. The number of hydrogen-bond acceptors (Lipinski definition) is 5. The number of amides is 1. The summed E-state index contributed by atoms with van der Waals surface area (Å²) in [6.07, 6.45) is 3.77. The smallest absolute Gasteiger partial charge is 0.259 e. The largest absolute Gasteiger partial charge is 0.496 e. The first-order valence-electron chi connectivity index (χ1n) is 9.52. The van der Waals surface area contributed by atoms with E-state index in [1.54, 1.807) is 18.4 Å². The molecule has 0 radical (unpaired) electrons. The van der Waals surface area contributed by atoms with Gasteiger partial charge >= 0.3 is 0 Å². The Hall–Kier alpha value is -2.67. The van der Waals surface area contributed by atoms with Gasteiger partial charge in [-0.15, -0.1) is 11.3 Å². The minimum absolute atomic E-state index is 0.0813. The lowest BCUT2D eigenvalue weighted by Gasteiger charge is -2.17. The molecule has 7 heteroatoms. The highest BCUT2D eigenvalue weighted by molar-refractivity contribution is 7.18. The summed E-state index contributed by atoms with van der Waals surface area (Å²) in [6.45, 7) is 1.93. The molecule has 0 fully saturated rings. The minimum Gasteiger partial charge on any atom is -0.496 e.